The number of methoxy groups -OCH3 is 1. The molecule has 0 saturated heterocycles. The fraction of sp³-hybridized carbons (Fsp3) is 0.143. The van der Waals surface area contributed by atoms with Crippen molar-refractivity contribution in [3.8, 4) is 16.5 Å². The Balaban J connectivity index is 1.77. The number of thiophene rings is 1. The second-order valence-corrected chi connectivity index (χ2v) is 5.35. The smallest absolute Gasteiger partial charge is 0.416 e. The molecular formula is C14H10F3N3O2S. The van der Waals surface area contributed by atoms with Crippen LogP contribution in [-0.4, -0.2) is 17.3 Å². The minimum atomic E-state index is -4.37. The third-order valence-corrected chi connectivity index (χ3v) is 3.82. The number of nitrogens with one attached hydrogen (secondary N) is 1. The Morgan fingerprint density at radius 2 is 1.87 bits per heavy atom. The maximum atomic E-state index is 12.5. The van der Waals surface area contributed by atoms with Gasteiger partial charge in [0.05, 0.1) is 12.7 Å². The normalized spacial score (nSPS) is 11.5. The third-order valence-electron chi connectivity index (χ3n) is 2.93. The van der Waals surface area contributed by atoms with Gasteiger partial charge in [-0.3, -0.25) is 0 Å². The van der Waals surface area contributed by atoms with E-state index in [2.05, 4.69) is 15.5 Å². The highest BCUT2D eigenvalue weighted by Crippen LogP contribution is 2.35. The van der Waals surface area contributed by atoms with Gasteiger partial charge in [-0.15, -0.1) is 16.4 Å². The largest absolute Gasteiger partial charge is 0.495 e. The van der Waals surface area contributed by atoms with Gasteiger partial charge >= 0.3 is 12.2 Å². The minimum absolute atomic E-state index is 0.0789. The molecular weight excluding hydrogens is 331 g/mol. The number of ether oxygens (including phenoxy) is 1. The van der Waals surface area contributed by atoms with Crippen molar-refractivity contribution >= 4 is 23.0 Å². The highest BCUT2D eigenvalue weighted by Gasteiger charge is 2.30. The second kappa shape index (κ2) is 5.92. The van der Waals surface area contributed by atoms with Gasteiger partial charge in [0.25, 0.3) is 5.89 Å². The number of benzene rings is 1. The average molecular weight is 341 g/mol. The van der Waals surface area contributed by atoms with Gasteiger partial charge in [0.1, 0.15) is 10.6 Å². The first kappa shape index (κ1) is 15.3. The highest BCUT2D eigenvalue weighted by atomic mass is 32.1. The van der Waals surface area contributed by atoms with Gasteiger partial charge in [-0.25, -0.2) is 0 Å². The summed E-state index contributed by atoms with van der Waals surface area (Å²) in [4.78, 5) is 0.681. The summed E-state index contributed by atoms with van der Waals surface area (Å²) < 4.78 is 48.1. The molecule has 0 aliphatic rings. The van der Waals surface area contributed by atoms with Crippen molar-refractivity contribution in [3.63, 3.8) is 0 Å². The van der Waals surface area contributed by atoms with E-state index < -0.39 is 11.7 Å². The van der Waals surface area contributed by atoms with Crippen LogP contribution in [0.4, 0.5) is 24.9 Å². The van der Waals surface area contributed by atoms with Gasteiger partial charge in [-0.1, -0.05) is 5.10 Å². The second-order valence-electron chi connectivity index (χ2n) is 4.43. The van der Waals surface area contributed by atoms with Crippen molar-refractivity contribution in [2.24, 2.45) is 0 Å². The van der Waals surface area contributed by atoms with Crippen LogP contribution < -0.4 is 10.1 Å². The molecule has 0 amide bonds. The molecule has 0 fully saturated rings. The van der Waals surface area contributed by atoms with E-state index in [1.165, 1.54) is 30.6 Å². The summed E-state index contributed by atoms with van der Waals surface area (Å²) in [6.07, 6.45) is -4.37. The minimum Gasteiger partial charge on any atom is -0.495 e. The Hall–Kier alpha value is -2.55. The lowest BCUT2D eigenvalue weighted by Crippen LogP contribution is -2.04. The molecule has 0 aliphatic carbocycles. The van der Waals surface area contributed by atoms with E-state index in [1.807, 2.05) is 5.38 Å². The molecule has 5 nitrogen and oxygen atoms in total. The number of nitrogens with zero attached hydrogens (tertiary/aromatic N) is 2. The molecule has 0 atom stereocenters. The molecule has 0 spiro atoms. The van der Waals surface area contributed by atoms with E-state index in [0.717, 1.165) is 12.1 Å². The fourth-order valence-electron chi connectivity index (χ4n) is 1.85. The molecule has 3 aromatic rings. The molecule has 23 heavy (non-hydrogen) atoms. The maximum absolute atomic E-state index is 12.5. The van der Waals surface area contributed by atoms with Crippen molar-refractivity contribution in [1.82, 2.24) is 10.2 Å². The summed E-state index contributed by atoms with van der Waals surface area (Å²) in [5.41, 5.74) is -0.316. The Labute approximate surface area is 132 Å². The quantitative estimate of drug-likeness (QED) is 0.753. The predicted octanol–water partition coefficient (Wildman–Crippen LogP) is 4.57. The zero-order valence-corrected chi connectivity index (χ0v) is 12.5. The van der Waals surface area contributed by atoms with Crippen LogP contribution in [-0.2, 0) is 6.18 Å². The lowest BCUT2D eigenvalue weighted by Gasteiger charge is -2.07. The number of anilines is 2. The summed E-state index contributed by atoms with van der Waals surface area (Å²) in [6, 6.07) is 6.38. The van der Waals surface area contributed by atoms with E-state index in [0.29, 0.717) is 16.3 Å². The molecule has 0 unspecified atom stereocenters. The van der Waals surface area contributed by atoms with E-state index in [4.69, 9.17) is 9.15 Å². The number of hydrogen-bond donors (Lipinski definition) is 1. The van der Waals surface area contributed by atoms with E-state index in [-0.39, 0.29) is 11.9 Å². The van der Waals surface area contributed by atoms with Crippen LogP contribution in [0.25, 0.3) is 10.8 Å². The molecule has 1 aromatic carbocycles. The predicted molar refractivity (Wildman–Crippen MR) is 78.9 cm³/mol. The van der Waals surface area contributed by atoms with Gasteiger partial charge in [0.2, 0.25) is 0 Å². The molecule has 1 N–H and O–H groups in total. The third kappa shape index (κ3) is 3.29. The van der Waals surface area contributed by atoms with Gasteiger partial charge in [-0.2, -0.15) is 13.2 Å². The first-order valence-corrected chi connectivity index (χ1v) is 7.25. The van der Waals surface area contributed by atoms with Gasteiger partial charge in [0.15, 0.2) is 0 Å². The van der Waals surface area contributed by atoms with Crippen molar-refractivity contribution in [1.29, 1.82) is 0 Å². The first-order chi connectivity index (χ1) is 11.0. The average Bonchev–Trinajstić information content (AvgIpc) is 3.15. The molecule has 120 valence electrons. The van der Waals surface area contributed by atoms with Crippen LogP contribution in [0.15, 0.2) is 40.1 Å². The number of rotatable bonds is 4. The Kier molecular flexibility index (Phi) is 3.95. The SMILES string of the molecule is COc1ccsc1-c1nnc(Nc2ccc(C(F)(F)F)cc2)o1. The molecule has 2 heterocycles. The summed E-state index contributed by atoms with van der Waals surface area (Å²) >= 11 is 1.38. The summed E-state index contributed by atoms with van der Waals surface area (Å²) in [5, 5.41) is 12.3. The lowest BCUT2D eigenvalue weighted by molar-refractivity contribution is -0.137. The van der Waals surface area contributed by atoms with Crippen LogP contribution in [0.1, 0.15) is 5.56 Å². The fourth-order valence-corrected chi connectivity index (χ4v) is 2.62. The molecule has 0 bridgehead atoms. The van der Waals surface area contributed by atoms with Gasteiger partial charge in [-0.05, 0) is 35.7 Å². The van der Waals surface area contributed by atoms with Crippen LogP contribution in [0.5, 0.6) is 5.75 Å². The summed E-state index contributed by atoms with van der Waals surface area (Å²) in [7, 11) is 1.53. The lowest BCUT2D eigenvalue weighted by atomic mass is 10.2. The maximum Gasteiger partial charge on any atom is 0.416 e. The van der Waals surface area contributed by atoms with Gasteiger partial charge < -0.3 is 14.5 Å². The van der Waals surface area contributed by atoms with Crippen LogP contribution in [0.3, 0.4) is 0 Å². The number of aromatic nitrogens is 2. The van der Waals surface area contributed by atoms with Crippen molar-refractivity contribution in [2.45, 2.75) is 6.18 Å². The molecule has 0 saturated carbocycles. The number of hydrogen-bond acceptors (Lipinski definition) is 6. The van der Waals surface area contributed by atoms with Gasteiger partial charge in [0, 0.05) is 5.69 Å². The van der Waals surface area contributed by atoms with Crippen LogP contribution in [0.2, 0.25) is 0 Å². The Bertz CT molecular complexity index is 796. The van der Waals surface area contributed by atoms with E-state index in [9.17, 15) is 13.2 Å². The van der Waals surface area contributed by atoms with Crippen LogP contribution >= 0.6 is 11.3 Å². The Morgan fingerprint density at radius 3 is 2.52 bits per heavy atom. The van der Waals surface area contributed by atoms with E-state index in [1.54, 1.807) is 6.07 Å². The zero-order chi connectivity index (χ0) is 16.4. The molecule has 9 heteroatoms. The van der Waals surface area contributed by atoms with Crippen LogP contribution in [0, 0.1) is 0 Å². The topological polar surface area (TPSA) is 60.2 Å². The van der Waals surface area contributed by atoms with Crippen molar-refractivity contribution < 1.29 is 22.3 Å². The molecule has 0 radical (unpaired) electrons. The highest BCUT2D eigenvalue weighted by molar-refractivity contribution is 7.13. The molecule has 0 aliphatic heterocycles. The molecule has 2 aromatic heterocycles. The molecule has 3 rings (SSSR count). The summed E-state index contributed by atoms with van der Waals surface area (Å²) in [6.45, 7) is 0. The van der Waals surface area contributed by atoms with Crippen molar-refractivity contribution in [2.75, 3.05) is 12.4 Å². The number of halogens is 3. The first-order valence-electron chi connectivity index (χ1n) is 6.37. The van der Waals surface area contributed by atoms with E-state index >= 15 is 0 Å². The zero-order valence-electron chi connectivity index (χ0n) is 11.7. The standard InChI is InChI=1S/C14H10F3N3O2S/c1-21-10-6-7-23-11(10)12-19-20-13(22-12)18-9-4-2-8(3-5-9)14(15,16)17/h2-7H,1H3,(H,18,20). The number of alkyl halides is 3. The summed E-state index contributed by atoms with van der Waals surface area (Å²) in [5.74, 6) is 0.881. The Morgan fingerprint density at radius 1 is 1.13 bits per heavy atom. The van der Waals surface area contributed by atoms with Crippen molar-refractivity contribution in [3.05, 3.63) is 41.3 Å². The monoisotopic (exact) mass is 341 g/mol.